The summed E-state index contributed by atoms with van der Waals surface area (Å²) in [5.41, 5.74) is 5.71. The minimum atomic E-state index is -3.71. The van der Waals surface area contributed by atoms with E-state index in [1.165, 1.54) is 16.7 Å². The summed E-state index contributed by atoms with van der Waals surface area (Å²) in [7, 11) is -3.71. The van der Waals surface area contributed by atoms with E-state index < -0.39 is 10.0 Å². The average molecular weight is 409 g/mol. The quantitative estimate of drug-likeness (QED) is 0.606. The molecule has 0 spiro atoms. The molecule has 1 aliphatic carbocycles. The number of anilines is 1. The second kappa shape index (κ2) is 6.58. The summed E-state index contributed by atoms with van der Waals surface area (Å²) in [6.45, 7) is 0. The zero-order valence-corrected chi connectivity index (χ0v) is 16.7. The number of nitrogens with one attached hydrogen (secondary N) is 1. The van der Waals surface area contributed by atoms with Crippen LogP contribution in [0.1, 0.15) is 29.5 Å². The van der Waals surface area contributed by atoms with Crippen molar-refractivity contribution in [3.05, 3.63) is 82.6 Å². The summed E-state index contributed by atoms with van der Waals surface area (Å²) in [4.78, 5) is 0.172. The van der Waals surface area contributed by atoms with Gasteiger partial charge in [-0.15, -0.1) is 0 Å². The van der Waals surface area contributed by atoms with E-state index in [1.54, 1.807) is 23.5 Å². The van der Waals surface area contributed by atoms with Gasteiger partial charge in [-0.25, -0.2) is 13.6 Å². The molecular weight excluding hydrogens is 388 g/mol. The van der Waals surface area contributed by atoms with Crippen LogP contribution in [0.25, 0.3) is 11.1 Å². The van der Waals surface area contributed by atoms with Crippen LogP contribution in [0.2, 0.25) is 0 Å². The first-order valence-electron chi connectivity index (χ1n) is 9.23. The van der Waals surface area contributed by atoms with Gasteiger partial charge in [-0.3, -0.25) is 0 Å². The Morgan fingerprint density at radius 3 is 2.57 bits per heavy atom. The first-order valence-corrected chi connectivity index (χ1v) is 11.7. The Balaban J connectivity index is 1.51. The van der Waals surface area contributed by atoms with Gasteiger partial charge in [-0.2, -0.15) is 11.3 Å². The zero-order valence-electron chi connectivity index (χ0n) is 15.1. The number of nitrogens with two attached hydrogens (primary N) is 1. The average Bonchev–Trinajstić information content (AvgIpc) is 3.38. The van der Waals surface area contributed by atoms with Gasteiger partial charge < -0.3 is 5.32 Å². The summed E-state index contributed by atoms with van der Waals surface area (Å²) < 4.78 is 23.5. The smallest absolute Gasteiger partial charge is 0.238 e. The Morgan fingerprint density at radius 1 is 1.04 bits per heavy atom. The van der Waals surface area contributed by atoms with E-state index in [4.69, 9.17) is 5.14 Å². The molecule has 4 nitrogen and oxygen atoms in total. The molecule has 142 valence electrons. The lowest BCUT2D eigenvalue weighted by Crippen LogP contribution is -2.29. The number of allylic oxidation sites excluding steroid dienone is 2. The number of sulfonamides is 1. The van der Waals surface area contributed by atoms with Crippen molar-refractivity contribution in [3.8, 4) is 11.1 Å². The Morgan fingerprint density at radius 2 is 1.86 bits per heavy atom. The lowest BCUT2D eigenvalue weighted by molar-refractivity contribution is 0.425. The molecule has 0 radical (unpaired) electrons. The Bertz CT molecular complexity index is 1150. The first kappa shape index (κ1) is 17.7. The van der Waals surface area contributed by atoms with Crippen LogP contribution in [-0.2, 0) is 10.0 Å². The molecule has 2 heterocycles. The number of primary sulfonamides is 1. The van der Waals surface area contributed by atoms with Gasteiger partial charge in [0.2, 0.25) is 10.0 Å². The standard InChI is InChI=1S/C22H20N2O2S2/c23-28(25,26)17-8-9-21-20(12-17)18-2-1-3-19(18)22(24-21)15-6-4-14(5-7-15)16-10-11-27-13-16/h1-2,4-13,18-19,22,24H,3H2,(H2,23,25,26). The monoisotopic (exact) mass is 408 g/mol. The number of thiophene rings is 1. The molecule has 0 saturated carbocycles. The molecule has 0 bridgehead atoms. The molecule has 3 aromatic rings. The van der Waals surface area contributed by atoms with E-state index in [0.29, 0.717) is 5.92 Å². The first-order chi connectivity index (χ1) is 13.5. The van der Waals surface area contributed by atoms with Crippen LogP contribution in [0, 0.1) is 5.92 Å². The molecule has 3 unspecified atom stereocenters. The third kappa shape index (κ3) is 2.98. The largest absolute Gasteiger partial charge is 0.378 e. The summed E-state index contributed by atoms with van der Waals surface area (Å²) in [6.07, 6.45) is 5.36. The zero-order chi connectivity index (χ0) is 19.3. The van der Waals surface area contributed by atoms with Gasteiger partial charge in [0.25, 0.3) is 0 Å². The molecule has 1 aromatic heterocycles. The second-order valence-corrected chi connectivity index (χ2v) is 9.75. The Labute approximate surface area is 168 Å². The van der Waals surface area contributed by atoms with Crippen LogP contribution in [0.5, 0.6) is 0 Å². The van der Waals surface area contributed by atoms with Gasteiger partial charge >= 0.3 is 0 Å². The fraction of sp³-hybridized carbons (Fsp3) is 0.182. The van der Waals surface area contributed by atoms with Gasteiger partial charge in [0.15, 0.2) is 0 Å². The Hall–Kier alpha value is -2.41. The number of hydrogen-bond donors (Lipinski definition) is 2. The van der Waals surface area contributed by atoms with Gasteiger partial charge in [0.05, 0.1) is 10.9 Å². The summed E-state index contributed by atoms with van der Waals surface area (Å²) in [5.74, 6) is 0.551. The molecule has 1 aliphatic heterocycles. The van der Waals surface area contributed by atoms with Gasteiger partial charge in [0.1, 0.15) is 0 Å². The summed E-state index contributed by atoms with van der Waals surface area (Å²) in [6, 6.07) is 16.2. The molecule has 2 aliphatic rings. The number of fused-ring (bicyclic) bond motifs is 3. The van der Waals surface area contributed by atoms with Crippen LogP contribution in [0.4, 0.5) is 5.69 Å². The van der Waals surface area contributed by atoms with Crippen LogP contribution in [0.3, 0.4) is 0 Å². The summed E-state index contributed by atoms with van der Waals surface area (Å²) >= 11 is 1.70. The van der Waals surface area contributed by atoms with E-state index in [0.717, 1.165) is 17.7 Å². The van der Waals surface area contributed by atoms with Crippen LogP contribution >= 0.6 is 11.3 Å². The SMILES string of the molecule is NS(=O)(=O)c1ccc2c(c1)C1C=CCC1C(c1ccc(-c3ccsc3)cc1)N2. The van der Waals surface area contributed by atoms with E-state index in [1.807, 2.05) is 6.07 Å². The van der Waals surface area contributed by atoms with Crippen molar-refractivity contribution in [1.82, 2.24) is 0 Å². The molecule has 0 saturated heterocycles. The van der Waals surface area contributed by atoms with Gasteiger partial charge in [0, 0.05) is 11.6 Å². The van der Waals surface area contributed by atoms with Crippen LogP contribution < -0.4 is 10.5 Å². The third-order valence-electron chi connectivity index (χ3n) is 5.79. The molecule has 6 heteroatoms. The highest BCUT2D eigenvalue weighted by atomic mass is 32.2. The van der Waals surface area contributed by atoms with E-state index >= 15 is 0 Å². The fourth-order valence-corrected chi connectivity index (χ4v) is 5.61. The van der Waals surface area contributed by atoms with Crippen molar-refractivity contribution < 1.29 is 8.42 Å². The molecule has 28 heavy (non-hydrogen) atoms. The maximum Gasteiger partial charge on any atom is 0.238 e. The normalized spacial score (nSPS) is 23.1. The molecule has 2 aromatic carbocycles. The Kier molecular flexibility index (Phi) is 4.16. The summed E-state index contributed by atoms with van der Waals surface area (Å²) in [5, 5.41) is 13.2. The lowest BCUT2D eigenvalue weighted by atomic mass is 9.77. The maximum absolute atomic E-state index is 11.8. The van der Waals surface area contributed by atoms with Crippen molar-refractivity contribution in [3.63, 3.8) is 0 Å². The van der Waals surface area contributed by atoms with Crippen molar-refractivity contribution in [2.45, 2.75) is 23.3 Å². The minimum absolute atomic E-state index is 0.172. The fourth-order valence-electron chi connectivity index (χ4n) is 4.39. The number of rotatable bonds is 3. The number of benzene rings is 2. The molecule has 3 N–H and O–H groups in total. The van der Waals surface area contributed by atoms with Crippen molar-refractivity contribution >= 4 is 27.0 Å². The molecule has 0 amide bonds. The predicted molar refractivity (Wildman–Crippen MR) is 114 cm³/mol. The van der Waals surface area contributed by atoms with Crippen LogP contribution in [-0.4, -0.2) is 8.42 Å². The third-order valence-corrected chi connectivity index (χ3v) is 7.38. The molecular formula is C22H20N2O2S2. The van der Waals surface area contributed by atoms with Crippen LogP contribution in [0.15, 0.2) is 76.3 Å². The topological polar surface area (TPSA) is 72.2 Å². The van der Waals surface area contributed by atoms with E-state index in [9.17, 15) is 8.42 Å². The highest BCUT2D eigenvalue weighted by Gasteiger charge is 2.38. The minimum Gasteiger partial charge on any atom is -0.378 e. The number of hydrogen-bond acceptors (Lipinski definition) is 4. The van der Waals surface area contributed by atoms with Crippen molar-refractivity contribution in [1.29, 1.82) is 0 Å². The highest BCUT2D eigenvalue weighted by molar-refractivity contribution is 7.89. The molecule has 5 rings (SSSR count). The van der Waals surface area contributed by atoms with Crippen molar-refractivity contribution in [2.75, 3.05) is 5.32 Å². The van der Waals surface area contributed by atoms with E-state index in [2.05, 4.69) is 58.6 Å². The van der Waals surface area contributed by atoms with Gasteiger partial charge in [-0.1, -0.05) is 36.4 Å². The van der Waals surface area contributed by atoms with Crippen molar-refractivity contribution in [2.24, 2.45) is 11.1 Å². The molecule has 3 atom stereocenters. The predicted octanol–water partition coefficient (Wildman–Crippen LogP) is 4.89. The molecule has 0 fully saturated rings. The second-order valence-electron chi connectivity index (χ2n) is 7.40. The van der Waals surface area contributed by atoms with Gasteiger partial charge in [-0.05, 0) is 69.6 Å². The van der Waals surface area contributed by atoms with E-state index in [-0.39, 0.29) is 16.9 Å². The maximum atomic E-state index is 11.8. The lowest BCUT2D eigenvalue weighted by Gasteiger charge is -2.37. The highest BCUT2D eigenvalue weighted by Crippen LogP contribution is 2.50.